The van der Waals surface area contributed by atoms with E-state index in [-0.39, 0.29) is 5.92 Å². The largest absolute Gasteiger partial charge is 0.408 e. The van der Waals surface area contributed by atoms with Crippen molar-refractivity contribution in [2.45, 2.75) is 81.2 Å². The molecule has 30 heavy (non-hydrogen) atoms. The van der Waals surface area contributed by atoms with Crippen LogP contribution in [0.5, 0.6) is 0 Å². The molecule has 0 fully saturated rings. The lowest BCUT2D eigenvalue weighted by Gasteiger charge is -2.33. The molecular weight excluding hydrogens is 430 g/mol. The van der Waals surface area contributed by atoms with Gasteiger partial charge in [0.15, 0.2) is 8.32 Å². The summed E-state index contributed by atoms with van der Waals surface area (Å²) in [6, 6.07) is 8.90. The predicted octanol–water partition coefficient (Wildman–Crippen LogP) is 7.84. The van der Waals surface area contributed by atoms with E-state index in [9.17, 15) is 0 Å². The van der Waals surface area contributed by atoms with E-state index in [1.54, 1.807) is 24.3 Å². The maximum atomic E-state index is 15.2. The molecule has 2 rings (SSSR count). The van der Waals surface area contributed by atoms with Gasteiger partial charge in [-0.1, -0.05) is 50.0 Å². The van der Waals surface area contributed by atoms with Crippen molar-refractivity contribution >= 4 is 28.2 Å². The molecule has 0 N–H and O–H groups in total. The SMILES string of the molecule is C[Si](C)(C)C#CCC[C@@H]1C=C[C@@H](CC(O[Si](C)(C)C)C(F)(F)Sc2ccccc2)C1. The number of rotatable bonds is 9. The molecule has 1 unspecified atom stereocenters. The van der Waals surface area contributed by atoms with Crippen LogP contribution < -0.4 is 0 Å². The smallest absolute Gasteiger partial charge is 0.322 e. The lowest BCUT2D eigenvalue weighted by molar-refractivity contribution is -0.0324. The molecule has 0 bridgehead atoms. The summed E-state index contributed by atoms with van der Waals surface area (Å²) in [5.74, 6) is 3.91. The summed E-state index contributed by atoms with van der Waals surface area (Å²) < 4.78 is 36.5. The Morgan fingerprint density at radius 2 is 1.70 bits per heavy atom. The van der Waals surface area contributed by atoms with E-state index < -0.39 is 27.7 Å². The summed E-state index contributed by atoms with van der Waals surface area (Å²) >= 11 is 0.623. The van der Waals surface area contributed by atoms with Gasteiger partial charge in [-0.25, -0.2) is 0 Å². The number of hydrogen-bond donors (Lipinski definition) is 0. The zero-order valence-corrected chi connectivity index (χ0v) is 22.0. The van der Waals surface area contributed by atoms with Gasteiger partial charge in [0.2, 0.25) is 0 Å². The van der Waals surface area contributed by atoms with Crippen molar-refractivity contribution in [1.29, 1.82) is 0 Å². The maximum Gasteiger partial charge on any atom is 0.322 e. The third kappa shape index (κ3) is 9.51. The molecule has 1 aromatic carbocycles. The first-order valence-electron chi connectivity index (χ1n) is 10.8. The second-order valence-electron chi connectivity index (χ2n) is 10.2. The van der Waals surface area contributed by atoms with Crippen molar-refractivity contribution in [3.63, 3.8) is 0 Å². The van der Waals surface area contributed by atoms with E-state index in [1.165, 1.54) is 0 Å². The molecule has 0 heterocycles. The maximum absolute atomic E-state index is 15.2. The molecule has 0 saturated heterocycles. The molecule has 0 saturated carbocycles. The molecule has 0 amide bonds. The second-order valence-corrected chi connectivity index (χ2v) is 20.6. The van der Waals surface area contributed by atoms with Crippen molar-refractivity contribution in [3.05, 3.63) is 42.5 Å². The van der Waals surface area contributed by atoms with Gasteiger partial charge in [-0.15, -0.1) is 11.5 Å². The Morgan fingerprint density at radius 1 is 1.07 bits per heavy atom. The molecule has 0 aromatic heterocycles. The highest BCUT2D eigenvalue weighted by Crippen LogP contribution is 2.44. The van der Waals surface area contributed by atoms with Gasteiger partial charge in [0.1, 0.15) is 14.2 Å². The molecule has 1 aliphatic carbocycles. The standard InChI is InChI=1S/C24H36F2OSSi2/c1-29(2,3)17-11-10-12-20-15-16-21(18-20)19-23(27-30(4,5)6)24(25,26)28-22-13-8-7-9-14-22/h7-9,13-16,20-21,23H,10,12,18-19H2,1-6H3/t20-,21-,23?/m1/s1. The van der Waals surface area contributed by atoms with Gasteiger partial charge < -0.3 is 4.43 Å². The van der Waals surface area contributed by atoms with Crippen LogP contribution in [0.2, 0.25) is 39.3 Å². The van der Waals surface area contributed by atoms with Crippen LogP contribution in [0.25, 0.3) is 0 Å². The molecule has 1 aromatic rings. The van der Waals surface area contributed by atoms with E-state index in [4.69, 9.17) is 4.43 Å². The Kier molecular flexibility index (Phi) is 8.99. The predicted molar refractivity (Wildman–Crippen MR) is 131 cm³/mol. The van der Waals surface area contributed by atoms with Gasteiger partial charge in [0.05, 0.1) is 0 Å². The number of allylic oxidation sites excluding steroid dienone is 2. The highest BCUT2D eigenvalue weighted by Gasteiger charge is 2.45. The Bertz CT molecular complexity index is 757. The van der Waals surface area contributed by atoms with Gasteiger partial charge in [0, 0.05) is 11.3 Å². The Hall–Kier alpha value is -0.876. The Labute approximate surface area is 188 Å². The Morgan fingerprint density at radius 3 is 2.30 bits per heavy atom. The van der Waals surface area contributed by atoms with Gasteiger partial charge in [-0.3, -0.25) is 0 Å². The number of thioether (sulfide) groups is 1. The van der Waals surface area contributed by atoms with Crippen LogP contribution in [0.4, 0.5) is 8.78 Å². The van der Waals surface area contributed by atoms with Crippen LogP contribution >= 0.6 is 11.8 Å². The molecule has 0 radical (unpaired) electrons. The summed E-state index contributed by atoms with van der Waals surface area (Å²) in [4.78, 5) is 0.576. The van der Waals surface area contributed by atoms with E-state index >= 15 is 8.78 Å². The van der Waals surface area contributed by atoms with Crippen LogP contribution in [-0.4, -0.2) is 27.7 Å². The number of alkyl halides is 2. The van der Waals surface area contributed by atoms with E-state index in [0.29, 0.717) is 29.0 Å². The zero-order chi connectivity index (χ0) is 22.4. The summed E-state index contributed by atoms with van der Waals surface area (Å²) in [5.41, 5.74) is 3.41. The zero-order valence-electron chi connectivity index (χ0n) is 19.2. The van der Waals surface area contributed by atoms with Crippen molar-refractivity contribution in [2.24, 2.45) is 11.8 Å². The molecule has 1 aliphatic rings. The van der Waals surface area contributed by atoms with Crippen molar-refractivity contribution in [1.82, 2.24) is 0 Å². The fraction of sp³-hybridized carbons (Fsp3) is 0.583. The summed E-state index contributed by atoms with van der Waals surface area (Å²) in [7, 11) is -3.43. The monoisotopic (exact) mass is 466 g/mol. The van der Waals surface area contributed by atoms with Gasteiger partial charge >= 0.3 is 5.25 Å². The minimum absolute atomic E-state index is 0.142. The summed E-state index contributed by atoms with van der Waals surface area (Å²) in [5, 5.41) is -2.96. The van der Waals surface area contributed by atoms with Gasteiger partial charge in [-0.05, 0) is 74.6 Å². The fourth-order valence-corrected chi connectivity index (χ4v) is 6.22. The van der Waals surface area contributed by atoms with Gasteiger partial charge in [-0.2, -0.15) is 8.78 Å². The van der Waals surface area contributed by atoms with Crippen molar-refractivity contribution < 1.29 is 13.2 Å². The second kappa shape index (κ2) is 10.6. The summed E-state index contributed by atoms with van der Waals surface area (Å²) in [6.07, 6.45) is 6.45. The normalized spacial score (nSPS) is 20.7. The Balaban J connectivity index is 1.98. The third-order valence-corrected chi connectivity index (χ3v) is 7.71. The highest BCUT2D eigenvalue weighted by atomic mass is 32.2. The number of halogens is 2. The molecule has 1 nitrogen and oxygen atoms in total. The van der Waals surface area contributed by atoms with Crippen LogP contribution in [-0.2, 0) is 4.43 Å². The molecule has 3 atom stereocenters. The van der Waals surface area contributed by atoms with Crippen LogP contribution in [0, 0.1) is 23.3 Å². The number of hydrogen-bond acceptors (Lipinski definition) is 2. The quantitative estimate of drug-likeness (QED) is 0.159. The molecule has 6 heteroatoms. The average molecular weight is 467 g/mol. The third-order valence-electron chi connectivity index (χ3n) is 4.75. The average Bonchev–Trinajstić information content (AvgIpc) is 3.04. The van der Waals surface area contributed by atoms with Gasteiger partial charge in [0.25, 0.3) is 0 Å². The highest BCUT2D eigenvalue weighted by molar-refractivity contribution is 8.00. The lowest BCUT2D eigenvalue weighted by Crippen LogP contribution is -2.42. The first kappa shape index (κ1) is 25.4. The van der Waals surface area contributed by atoms with E-state index in [2.05, 4.69) is 43.3 Å². The van der Waals surface area contributed by atoms with E-state index in [0.717, 1.165) is 19.3 Å². The topological polar surface area (TPSA) is 9.23 Å². The first-order valence-corrected chi connectivity index (χ1v) is 18.5. The minimum atomic E-state index is -2.96. The molecular formula is C24H36F2OSSi2. The van der Waals surface area contributed by atoms with Crippen molar-refractivity contribution in [3.8, 4) is 11.5 Å². The molecule has 0 aliphatic heterocycles. The van der Waals surface area contributed by atoms with Crippen LogP contribution in [0.3, 0.4) is 0 Å². The van der Waals surface area contributed by atoms with Crippen molar-refractivity contribution in [2.75, 3.05) is 0 Å². The van der Waals surface area contributed by atoms with Crippen LogP contribution in [0.1, 0.15) is 25.7 Å². The van der Waals surface area contributed by atoms with Crippen LogP contribution in [0.15, 0.2) is 47.4 Å². The fourth-order valence-electron chi connectivity index (χ4n) is 3.50. The minimum Gasteiger partial charge on any atom is -0.408 e. The first-order chi connectivity index (χ1) is 13.8. The number of benzene rings is 1. The molecule has 0 spiro atoms. The molecule has 166 valence electrons. The summed E-state index contributed by atoms with van der Waals surface area (Å²) in [6.45, 7) is 12.7. The lowest BCUT2D eigenvalue weighted by atomic mass is 9.95. The van der Waals surface area contributed by atoms with E-state index in [1.807, 2.05) is 25.7 Å².